The molecular weight excluding hydrogens is 597 g/mol. The molecule has 0 fully saturated rings. The topological polar surface area (TPSA) is 35.0 Å². The van der Waals surface area contributed by atoms with Crippen LogP contribution in [0.25, 0.3) is 33.3 Å². The molecule has 0 unspecified atom stereocenters. The summed E-state index contributed by atoms with van der Waals surface area (Å²) < 4.78 is 5.13. The van der Waals surface area contributed by atoms with E-state index in [-0.39, 0.29) is 25.5 Å². The third kappa shape index (κ3) is 4.27. The Balaban J connectivity index is 0.000000164. The normalized spacial score (nSPS) is 12.6. The Morgan fingerprint density at radius 2 is 1.65 bits per heavy atom. The fourth-order valence-electron chi connectivity index (χ4n) is 4.48. The first-order valence-electron chi connectivity index (χ1n) is 11.0. The van der Waals surface area contributed by atoms with E-state index in [4.69, 9.17) is 4.74 Å². The van der Waals surface area contributed by atoms with Gasteiger partial charge >= 0.3 is 0 Å². The first kappa shape index (κ1) is 23.8. The first-order valence-corrected chi connectivity index (χ1v) is 11.0. The molecule has 1 aliphatic carbocycles. The summed E-state index contributed by atoms with van der Waals surface area (Å²) in [4.78, 5) is 8.85. The number of rotatable bonds is 2. The summed E-state index contributed by atoms with van der Waals surface area (Å²) in [6, 6.07) is 32.8. The molecule has 0 N–H and O–H groups in total. The van der Waals surface area contributed by atoms with E-state index in [1.54, 1.807) is 13.3 Å². The molecule has 0 amide bonds. The molecule has 171 valence electrons. The van der Waals surface area contributed by atoms with Crippen LogP contribution in [0.15, 0.2) is 91.3 Å². The van der Waals surface area contributed by atoms with Gasteiger partial charge in [-0.2, -0.15) is 0 Å². The number of ether oxygens (including phenoxy) is 1. The zero-order chi connectivity index (χ0) is 22.8. The Kier molecular flexibility index (Phi) is 6.92. The van der Waals surface area contributed by atoms with Gasteiger partial charge in [-0.25, -0.2) is 0 Å². The number of benzene rings is 3. The number of fused-ring (bicyclic) bond motifs is 2. The quantitative estimate of drug-likeness (QED) is 0.202. The van der Waals surface area contributed by atoms with Crippen molar-refractivity contribution < 1.29 is 24.8 Å². The van der Waals surface area contributed by atoms with Crippen molar-refractivity contribution in [2.75, 3.05) is 7.11 Å². The second-order valence-corrected chi connectivity index (χ2v) is 8.50. The van der Waals surface area contributed by atoms with Crippen LogP contribution in [-0.4, -0.2) is 17.1 Å². The molecule has 3 nitrogen and oxygen atoms in total. The Morgan fingerprint density at radius 3 is 2.44 bits per heavy atom. The van der Waals surface area contributed by atoms with Gasteiger partial charge in [0, 0.05) is 38.2 Å². The van der Waals surface area contributed by atoms with Gasteiger partial charge in [0.25, 0.3) is 0 Å². The fraction of sp³-hybridized carbons (Fsp3) is 0.133. The van der Waals surface area contributed by atoms with Gasteiger partial charge in [0.1, 0.15) is 0 Å². The summed E-state index contributed by atoms with van der Waals surface area (Å²) in [7, 11) is 1.65. The summed E-state index contributed by atoms with van der Waals surface area (Å²) in [5.41, 5.74) is 6.76. The van der Waals surface area contributed by atoms with Crippen LogP contribution < -0.4 is 4.74 Å². The van der Waals surface area contributed by atoms with Crippen LogP contribution in [0.3, 0.4) is 0 Å². The van der Waals surface area contributed by atoms with Gasteiger partial charge in [-0.3, -0.25) is 0 Å². The van der Waals surface area contributed by atoms with Crippen LogP contribution in [0.2, 0.25) is 0 Å². The summed E-state index contributed by atoms with van der Waals surface area (Å²) in [5.74, 6) is 0.824. The van der Waals surface area contributed by atoms with Gasteiger partial charge in [-0.1, -0.05) is 44.2 Å². The van der Waals surface area contributed by atoms with Crippen LogP contribution in [0.4, 0.5) is 0 Å². The molecule has 0 aliphatic heterocycles. The van der Waals surface area contributed by atoms with Gasteiger partial charge in [0.2, 0.25) is 0 Å². The zero-order valence-electron chi connectivity index (χ0n) is 19.3. The molecule has 3 aromatic carbocycles. The zero-order valence-corrected chi connectivity index (χ0v) is 21.7. The van der Waals surface area contributed by atoms with E-state index in [2.05, 4.69) is 72.3 Å². The minimum atomic E-state index is 0. The number of aromatic nitrogens is 2. The number of hydrogen-bond donors (Lipinski definition) is 0. The van der Waals surface area contributed by atoms with E-state index >= 15 is 0 Å². The predicted octanol–water partition coefficient (Wildman–Crippen LogP) is 6.90. The van der Waals surface area contributed by atoms with Crippen LogP contribution in [0, 0.1) is 12.1 Å². The van der Waals surface area contributed by atoms with E-state index in [0.29, 0.717) is 0 Å². The van der Waals surface area contributed by atoms with E-state index in [1.807, 2.05) is 48.7 Å². The molecule has 0 atom stereocenters. The Hall–Kier alpha value is -3.33. The number of nitrogens with zero attached hydrogens (tertiary/aromatic N) is 2. The maximum Gasteiger partial charge on any atom is 0.0751 e. The third-order valence-electron chi connectivity index (χ3n) is 6.18. The summed E-state index contributed by atoms with van der Waals surface area (Å²) in [6.07, 6.45) is 3.66. The molecule has 6 rings (SSSR count). The van der Waals surface area contributed by atoms with Gasteiger partial charge in [-0.15, -0.1) is 65.2 Å². The summed E-state index contributed by atoms with van der Waals surface area (Å²) in [5, 5.41) is 2.54. The van der Waals surface area contributed by atoms with Crippen molar-refractivity contribution in [1.82, 2.24) is 9.97 Å². The Morgan fingerprint density at radius 1 is 0.794 bits per heavy atom. The van der Waals surface area contributed by atoms with Crippen LogP contribution in [-0.2, 0) is 25.5 Å². The maximum absolute atomic E-state index is 5.13. The summed E-state index contributed by atoms with van der Waals surface area (Å²) in [6.45, 7) is 4.56. The maximum atomic E-state index is 5.13. The van der Waals surface area contributed by atoms with Gasteiger partial charge in [0.15, 0.2) is 0 Å². The second kappa shape index (κ2) is 9.88. The summed E-state index contributed by atoms with van der Waals surface area (Å²) >= 11 is 0. The minimum absolute atomic E-state index is 0. The Labute approximate surface area is 214 Å². The van der Waals surface area contributed by atoms with Crippen molar-refractivity contribution in [1.29, 1.82) is 0 Å². The van der Waals surface area contributed by atoms with Gasteiger partial charge < -0.3 is 14.7 Å². The number of methoxy groups -OCH3 is 1. The molecule has 0 saturated carbocycles. The molecule has 4 heteroatoms. The molecule has 1 aliphatic rings. The third-order valence-corrected chi connectivity index (χ3v) is 6.18. The molecule has 1 radical (unpaired) electrons. The van der Waals surface area contributed by atoms with E-state index in [9.17, 15) is 0 Å². The minimum Gasteiger partial charge on any atom is -0.516 e. The predicted molar refractivity (Wildman–Crippen MR) is 133 cm³/mol. The molecule has 5 aromatic rings. The molecule has 0 spiro atoms. The average molecular weight is 621 g/mol. The van der Waals surface area contributed by atoms with E-state index in [0.717, 1.165) is 28.3 Å². The molecule has 2 heterocycles. The smallest absolute Gasteiger partial charge is 0.0751 e. The Bertz CT molecular complexity index is 1430. The van der Waals surface area contributed by atoms with Crippen LogP contribution >= 0.6 is 0 Å². The van der Waals surface area contributed by atoms with E-state index < -0.39 is 0 Å². The van der Waals surface area contributed by atoms with Crippen molar-refractivity contribution in [2.24, 2.45) is 0 Å². The second-order valence-electron chi connectivity index (χ2n) is 8.50. The molecule has 34 heavy (non-hydrogen) atoms. The van der Waals surface area contributed by atoms with Crippen molar-refractivity contribution in [3.63, 3.8) is 0 Å². The van der Waals surface area contributed by atoms with Crippen LogP contribution in [0.1, 0.15) is 25.0 Å². The first-order chi connectivity index (χ1) is 16.1. The van der Waals surface area contributed by atoms with Crippen molar-refractivity contribution in [2.45, 2.75) is 19.3 Å². The van der Waals surface area contributed by atoms with E-state index in [1.165, 1.54) is 21.9 Å². The molecular formula is C30H24IrN2O-2. The largest absolute Gasteiger partial charge is 0.516 e. The van der Waals surface area contributed by atoms with Gasteiger partial charge in [0.05, 0.1) is 7.11 Å². The van der Waals surface area contributed by atoms with Crippen molar-refractivity contribution >= 4 is 10.8 Å². The van der Waals surface area contributed by atoms with Crippen LogP contribution in [0.5, 0.6) is 5.75 Å². The van der Waals surface area contributed by atoms with Crippen molar-refractivity contribution in [3.05, 3.63) is 115 Å². The molecule has 0 bridgehead atoms. The van der Waals surface area contributed by atoms with Crippen molar-refractivity contribution in [3.8, 4) is 28.3 Å². The average Bonchev–Trinajstić information content (AvgIpc) is 2.88. The number of pyridine rings is 2. The number of hydrogen-bond acceptors (Lipinski definition) is 3. The van der Waals surface area contributed by atoms with Gasteiger partial charge in [-0.05, 0) is 45.3 Å². The molecule has 2 aromatic heterocycles. The molecule has 0 saturated heterocycles. The SMILES string of the molecule is CC1(C)c2ccc[c-]c2-c2nccc3cccc1c23.COc1cc[c-]c(-c2ccccn2)c1.[Ir]. The standard InChI is InChI=1S/C18H14N.C12H10NO.Ir/c1-18(2)14-8-4-3-7-13(14)17-16-12(10-11-19-17)6-5-9-15(16)18;1-14-11-6-4-5-10(9-11)12-7-2-3-8-13-12;/h3-6,8-11H,1-2H3;2-4,6-9H,1H3;/q2*-1;. The fourth-order valence-corrected chi connectivity index (χ4v) is 4.48. The monoisotopic (exact) mass is 621 g/mol.